The number of carbonyl (C=O) groups is 2. The standard InChI is InChI=1S/C19H17ClN2O6/c20-16-8-6-14(12-17(16)22(25)26)7-9-19(24)28-13-18(23)21-10-11-27-15-4-2-1-3-5-15/h1-9,12H,10-11,13H2,(H,21,23)/b9-7+. The van der Waals surface area contributed by atoms with Gasteiger partial charge >= 0.3 is 5.97 Å². The second-order valence-corrected chi connectivity index (χ2v) is 5.83. The molecular weight excluding hydrogens is 388 g/mol. The maximum atomic E-state index is 11.6. The molecule has 0 radical (unpaired) electrons. The van der Waals surface area contributed by atoms with E-state index in [0.29, 0.717) is 11.3 Å². The lowest BCUT2D eigenvalue weighted by Gasteiger charge is -2.07. The minimum Gasteiger partial charge on any atom is -0.492 e. The molecule has 0 atom stereocenters. The molecule has 2 rings (SSSR count). The number of benzene rings is 2. The smallest absolute Gasteiger partial charge is 0.331 e. The molecule has 28 heavy (non-hydrogen) atoms. The highest BCUT2D eigenvalue weighted by Gasteiger charge is 2.12. The van der Waals surface area contributed by atoms with E-state index >= 15 is 0 Å². The number of nitro groups is 1. The Morgan fingerprint density at radius 1 is 1.18 bits per heavy atom. The molecular formula is C19H17ClN2O6. The molecule has 0 fully saturated rings. The summed E-state index contributed by atoms with van der Waals surface area (Å²) < 4.78 is 10.2. The van der Waals surface area contributed by atoms with Crippen LogP contribution in [0, 0.1) is 10.1 Å². The van der Waals surface area contributed by atoms with Gasteiger partial charge in [0.1, 0.15) is 17.4 Å². The van der Waals surface area contributed by atoms with E-state index < -0.39 is 23.4 Å². The van der Waals surface area contributed by atoms with Crippen LogP contribution in [0.5, 0.6) is 5.75 Å². The van der Waals surface area contributed by atoms with E-state index in [2.05, 4.69) is 5.32 Å². The van der Waals surface area contributed by atoms with Gasteiger partial charge < -0.3 is 14.8 Å². The van der Waals surface area contributed by atoms with Crippen molar-refractivity contribution in [3.63, 3.8) is 0 Å². The number of carbonyl (C=O) groups excluding carboxylic acids is 2. The van der Waals surface area contributed by atoms with Crippen LogP contribution in [0.25, 0.3) is 6.08 Å². The van der Waals surface area contributed by atoms with E-state index in [1.165, 1.54) is 24.3 Å². The molecule has 0 unspecified atom stereocenters. The van der Waals surface area contributed by atoms with Gasteiger partial charge in [0.15, 0.2) is 6.61 Å². The molecule has 146 valence electrons. The van der Waals surface area contributed by atoms with Gasteiger partial charge in [-0.3, -0.25) is 14.9 Å². The molecule has 0 spiro atoms. The van der Waals surface area contributed by atoms with Crippen LogP contribution in [-0.2, 0) is 14.3 Å². The first-order valence-electron chi connectivity index (χ1n) is 8.19. The maximum absolute atomic E-state index is 11.6. The summed E-state index contributed by atoms with van der Waals surface area (Å²) in [5.41, 5.74) is 0.129. The van der Waals surface area contributed by atoms with Crippen molar-refractivity contribution >= 4 is 35.2 Å². The zero-order chi connectivity index (χ0) is 20.4. The van der Waals surface area contributed by atoms with Crippen LogP contribution in [0.1, 0.15) is 5.56 Å². The number of halogens is 1. The zero-order valence-electron chi connectivity index (χ0n) is 14.7. The Morgan fingerprint density at radius 3 is 2.64 bits per heavy atom. The van der Waals surface area contributed by atoms with Gasteiger partial charge in [-0.2, -0.15) is 0 Å². The van der Waals surface area contributed by atoms with Crippen molar-refractivity contribution in [2.75, 3.05) is 19.8 Å². The van der Waals surface area contributed by atoms with E-state index in [1.807, 2.05) is 18.2 Å². The molecule has 8 nitrogen and oxygen atoms in total. The molecule has 0 bridgehead atoms. The first-order valence-corrected chi connectivity index (χ1v) is 8.57. The van der Waals surface area contributed by atoms with Gasteiger partial charge in [0.05, 0.1) is 11.5 Å². The van der Waals surface area contributed by atoms with Crippen LogP contribution >= 0.6 is 11.6 Å². The molecule has 0 aromatic heterocycles. The average Bonchev–Trinajstić information content (AvgIpc) is 2.69. The number of rotatable bonds is 9. The molecule has 9 heteroatoms. The first kappa shape index (κ1) is 20.9. The number of amides is 1. The lowest BCUT2D eigenvalue weighted by Crippen LogP contribution is -2.31. The van der Waals surface area contributed by atoms with E-state index in [0.717, 1.165) is 6.08 Å². The molecule has 0 saturated heterocycles. The maximum Gasteiger partial charge on any atom is 0.331 e. The van der Waals surface area contributed by atoms with E-state index in [4.69, 9.17) is 21.1 Å². The van der Waals surface area contributed by atoms with Gasteiger partial charge in [-0.1, -0.05) is 35.9 Å². The van der Waals surface area contributed by atoms with E-state index in [1.54, 1.807) is 12.1 Å². The van der Waals surface area contributed by atoms with Crippen LogP contribution in [0.2, 0.25) is 5.02 Å². The Morgan fingerprint density at radius 2 is 1.93 bits per heavy atom. The fraction of sp³-hybridized carbons (Fsp3) is 0.158. The van der Waals surface area contributed by atoms with Crippen molar-refractivity contribution in [2.45, 2.75) is 0 Å². The molecule has 0 aliphatic carbocycles. The minimum atomic E-state index is -0.756. The number of nitrogens with one attached hydrogen (secondary N) is 1. The van der Waals surface area contributed by atoms with E-state index in [-0.39, 0.29) is 23.9 Å². The number of hydrogen-bond donors (Lipinski definition) is 1. The van der Waals surface area contributed by atoms with Crippen molar-refractivity contribution in [1.82, 2.24) is 5.32 Å². The third-order valence-electron chi connectivity index (χ3n) is 3.36. The average molecular weight is 405 g/mol. The van der Waals surface area contributed by atoms with Crippen LogP contribution < -0.4 is 10.1 Å². The number of nitro benzene ring substituents is 1. The second kappa shape index (κ2) is 10.7. The molecule has 1 N–H and O–H groups in total. The normalized spacial score (nSPS) is 10.5. The molecule has 0 saturated carbocycles. The van der Waals surface area contributed by atoms with Crippen LogP contribution in [0.3, 0.4) is 0 Å². The second-order valence-electron chi connectivity index (χ2n) is 5.42. The van der Waals surface area contributed by atoms with Crippen LogP contribution in [0.4, 0.5) is 5.69 Å². The molecule has 0 aliphatic heterocycles. The van der Waals surface area contributed by atoms with Gasteiger partial charge in [0.2, 0.25) is 0 Å². The number of ether oxygens (including phenoxy) is 2. The minimum absolute atomic E-state index is 0.00218. The fourth-order valence-corrected chi connectivity index (χ4v) is 2.24. The third-order valence-corrected chi connectivity index (χ3v) is 3.68. The highest BCUT2D eigenvalue weighted by Crippen LogP contribution is 2.25. The van der Waals surface area contributed by atoms with Gasteiger partial charge in [-0.05, 0) is 29.8 Å². The lowest BCUT2D eigenvalue weighted by atomic mass is 10.2. The topological polar surface area (TPSA) is 108 Å². The highest BCUT2D eigenvalue weighted by atomic mass is 35.5. The third kappa shape index (κ3) is 7.08. The number of para-hydroxylation sites is 1. The summed E-state index contributed by atoms with van der Waals surface area (Å²) in [4.78, 5) is 33.5. The highest BCUT2D eigenvalue weighted by molar-refractivity contribution is 6.32. The molecule has 0 heterocycles. The fourth-order valence-electron chi connectivity index (χ4n) is 2.05. The van der Waals surface area contributed by atoms with Gasteiger partial charge in [-0.25, -0.2) is 4.79 Å². The van der Waals surface area contributed by atoms with Crippen molar-refractivity contribution in [1.29, 1.82) is 0 Å². The summed E-state index contributed by atoms with van der Waals surface area (Å²) in [5, 5.41) is 13.4. The largest absolute Gasteiger partial charge is 0.492 e. The van der Waals surface area contributed by atoms with Gasteiger partial charge in [0.25, 0.3) is 11.6 Å². The molecule has 0 aliphatic rings. The van der Waals surface area contributed by atoms with Crippen LogP contribution in [-0.4, -0.2) is 36.6 Å². The van der Waals surface area contributed by atoms with Crippen molar-refractivity contribution in [3.05, 3.63) is 75.3 Å². The SMILES string of the molecule is O=C(COC(=O)/C=C/c1ccc(Cl)c([N+](=O)[O-])c1)NCCOc1ccccc1. The molecule has 1 amide bonds. The Balaban J connectivity index is 1.70. The number of esters is 1. The lowest BCUT2D eigenvalue weighted by molar-refractivity contribution is -0.384. The summed E-state index contributed by atoms with van der Waals surface area (Å²) >= 11 is 5.71. The molecule has 2 aromatic rings. The Labute approximate surface area is 165 Å². The van der Waals surface area contributed by atoms with Crippen LogP contribution in [0.15, 0.2) is 54.6 Å². The van der Waals surface area contributed by atoms with E-state index in [9.17, 15) is 19.7 Å². The number of nitrogens with zero attached hydrogens (tertiary/aromatic N) is 1. The summed E-state index contributed by atoms with van der Waals surface area (Å²) in [6.45, 7) is 0.0871. The summed E-state index contributed by atoms with van der Waals surface area (Å²) in [6.07, 6.45) is 2.40. The molecule has 2 aromatic carbocycles. The predicted octanol–water partition coefficient (Wildman–Crippen LogP) is 3.00. The quantitative estimate of drug-likeness (QED) is 0.226. The summed E-state index contributed by atoms with van der Waals surface area (Å²) in [5.74, 6) is -0.537. The Hall–Kier alpha value is -3.39. The monoisotopic (exact) mass is 404 g/mol. The number of hydrogen-bond acceptors (Lipinski definition) is 6. The van der Waals surface area contributed by atoms with Crippen molar-refractivity contribution in [3.8, 4) is 5.75 Å². The predicted molar refractivity (Wildman–Crippen MR) is 103 cm³/mol. The Bertz CT molecular complexity index is 870. The van der Waals surface area contributed by atoms with Crippen molar-refractivity contribution < 1.29 is 24.0 Å². The van der Waals surface area contributed by atoms with Gasteiger partial charge in [-0.15, -0.1) is 0 Å². The van der Waals surface area contributed by atoms with Crippen molar-refractivity contribution in [2.24, 2.45) is 0 Å². The summed E-state index contributed by atoms with van der Waals surface area (Å²) in [6, 6.07) is 13.2. The zero-order valence-corrected chi connectivity index (χ0v) is 15.4. The van der Waals surface area contributed by atoms with Gasteiger partial charge in [0, 0.05) is 12.1 Å². The Kier molecular flexibility index (Phi) is 7.98. The summed E-state index contributed by atoms with van der Waals surface area (Å²) in [7, 11) is 0. The first-order chi connectivity index (χ1) is 13.5.